The lowest BCUT2D eigenvalue weighted by atomic mass is 10.5. The minimum absolute atomic E-state index is 0.0584. The molecule has 0 spiro atoms. The molecular weight excluding hydrogens is 146 g/mol. The van der Waals surface area contributed by atoms with E-state index < -0.39 is 0 Å². The fourth-order valence-corrected chi connectivity index (χ4v) is 2.46. The molecular formula is C5H15NOSi2. The van der Waals surface area contributed by atoms with Gasteiger partial charge in [0.15, 0.2) is 0 Å². The molecule has 0 radical (unpaired) electrons. The first-order valence-corrected chi connectivity index (χ1v) is 6.04. The number of nitrogens with zero attached hydrogens (tertiary/aromatic N) is 1. The van der Waals surface area contributed by atoms with Gasteiger partial charge in [0.05, 0.1) is 0 Å². The zero-order valence-corrected chi connectivity index (χ0v) is 9.51. The SMILES string of the molecule is [SiH3]O[SiH2]CCCN1CC1. The minimum Gasteiger partial charge on any atom is -0.468 e. The molecule has 0 amide bonds. The molecule has 0 atom stereocenters. The molecule has 1 heterocycles. The molecule has 9 heavy (non-hydrogen) atoms. The fraction of sp³-hybridized carbons (Fsp3) is 1.00. The standard InChI is InChI=1S/C5H15NOSi2/c8-7-9-5-1-2-6-3-4-6/h1-5,9H2,8H3. The van der Waals surface area contributed by atoms with E-state index in [1.165, 1.54) is 32.1 Å². The summed E-state index contributed by atoms with van der Waals surface area (Å²) in [6, 6.07) is 1.39. The largest absolute Gasteiger partial charge is 0.468 e. The zero-order valence-electron chi connectivity index (χ0n) is 6.10. The van der Waals surface area contributed by atoms with Gasteiger partial charge in [0, 0.05) is 13.1 Å². The van der Waals surface area contributed by atoms with Crippen LogP contribution in [0.25, 0.3) is 0 Å². The molecule has 0 saturated carbocycles. The summed E-state index contributed by atoms with van der Waals surface area (Å²) in [7, 11) is 0.907. The van der Waals surface area contributed by atoms with Gasteiger partial charge in [-0.1, -0.05) is 0 Å². The van der Waals surface area contributed by atoms with Crippen LogP contribution in [0.15, 0.2) is 0 Å². The number of hydrogen-bond acceptors (Lipinski definition) is 2. The molecule has 1 rings (SSSR count). The van der Waals surface area contributed by atoms with Crippen molar-refractivity contribution in [2.45, 2.75) is 12.5 Å². The third kappa shape index (κ3) is 3.85. The van der Waals surface area contributed by atoms with Gasteiger partial charge in [-0.25, -0.2) is 0 Å². The van der Waals surface area contributed by atoms with E-state index in [1.807, 2.05) is 0 Å². The molecule has 54 valence electrons. The van der Waals surface area contributed by atoms with Gasteiger partial charge in [0.25, 0.3) is 0 Å². The van der Waals surface area contributed by atoms with Crippen LogP contribution in [0.3, 0.4) is 0 Å². The molecule has 4 heteroatoms. The minimum atomic E-state index is -0.0584. The highest BCUT2D eigenvalue weighted by atomic mass is 28.3. The monoisotopic (exact) mass is 161 g/mol. The van der Waals surface area contributed by atoms with E-state index >= 15 is 0 Å². The summed E-state index contributed by atoms with van der Waals surface area (Å²) in [5, 5.41) is 0. The second-order valence-corrected chi connectivity index (χ2v) is 5.97. The Kier molecular flexibility index (Phi) is 3.49. The average Bonchev–Trinajstić information content (AvgIpc) is 2.63. The van der Waals surface area contributed by atoms with Gasteiger partial charge in [-0.05, 0) is 19.0 Å². The lowest BCUT2D eigenvalue weighted by Crippen LogP contribution is -2.01. The third-order valence-corrected chi connectivity index (χ3v) is 4.03. The van der Waals surface area contributed by atoms with Crippen LogP contribution in [0.2, 0.25) is 6.04 Å². The molecule has 1 fully saturated rings. The highest BCUT2D eigenvalue weighted by molar-refractivity contribution is 6.34. The molecule has 0 aromatic rings. The Labute approximate surface area is 62.1 Å². The molecule has 0 aliphatic carbocycles. The van der Waals surface area contributed by atoms with Crippen molar-refractivity contribution >= 4 is 20.2 Å². The topological polar surface area (TPSA) is 12.2 Å². The fourth-order valence-electron chi connectivity index (χ4n) is 0.876. The summed E-state index contributed by atoms with van der Waals surface area (Å²) in [6.07, 6.45) is 1.38. The first-order chi connectivity index (χ1) is 4.43. The van der Waals surface area contributed by atoms with Crippen molar-refractivity contribution in [1.82, 2.24) is 4.90 Å². The Morgan fingerprint density at radius 3 is 2.89 bits per heavy atom. The van der Waals surface area contributed by atoms with E-state index in [-0.39, 0.29) is 9.76 Å². The normalized spacial score (nSPS) is 20.0. The van der Waals surface area contributed by atoms with Crippen LogP contribution in [-0.4, -0.2) is 44.8 Å². The predicted octanol–water partition coefficient (Wildman–Crippen LogP) is -1.51. The van der Waals surface area contributed by atoms with Crippen molar-refractivity contribution in [2.75, 3.05) is 19.6 Å². The van der Waals surface area contributed by atoms with Crippen LogP contribution in [0.4, 0.5) is 0 Å². The summed E-state index contributed by atoms with van der Waals surface area (Å²) in [5.74, 6) is 0. The summed E-state index contributed by atoms with van der Waals surface area (Å²) in [6.45, 7) is 4.03. The van der Waals surface area contributed by atoms with Crippen LogP contribution in [0.5, 0.6) is 0 Å². The van der Waals surface area contributed by atoms with Crippen LogP contribution in [0.1, 0.15) is 6.42 Å². The molecule has 0 aromatic heterocycles. The molecule has 0 N–H and O–H groups in total. The maximum atomic E-state index is 5.20. The van der Waals surface area contributed by atoms with Crippen LogP contribution in [0, 0.1) is 0 Å². The average molecular weight is 161 g/mol. The van der Waals surface area contributed by atoms with Gasteiger partial charge < -0.3 is 9.02 Å². The lowest BCUT2D eigenvalue weighted by molar-refractivity contribution is 0.544. The summed E-state index contributed by atoms with van der Waals surface area (Å²) in [4.78, 5) is 2.47. The molecule has 1 aliphatic heterocycles. The first-order valence-electron chi connectivity index (χ1n) is 3.65. The van der Waals surface area contributed by atoms with E-state index in [0.29, 0.717) is 0 Å². The van der Waals surface area contributed by atoms with Crippen LogP contribution < -0.4 is 0 Å². The Morgan fingerprint density at radius 2 is 2.33 bits per heavy atom. The highest BCUT2D eigenvalue weighted by Gasteiger charge is 2.14. The molecule has 2 nitrogen and oxygen atoms in total. The van der Waals surface area contributed by atoms with Crippen molar-refractivity contribution in [1.29, 1.82) is 0 Å². The molecule has 0 aromatic carbocycles. The van der Waals surface area contributed by atoms with Crippen LogP contribution in [-0.2, 0) is 4.12 Å². The third-order valence-electron chi connectivity index (χ3n) is 1.61. The highest BCUT2D eigenvalue weighted by Crippen LogP contribution is 2.04. The first kappa shape index (κ1) is 7.46. The molecule has 1 saturated heterocycles. The Balaban J connectivity index is 1.71. The smallest absolute Gasteiger partial charge is 0.145 e. The van der Waals surface area contributed by atoms with Crippen molar-refractivity contribution in [3.05, 3.63) is 0 Å². The summed E-state index contributed by atoms with van der Waals surface area (Å²) in [5.41, 5.74) is 0. The van der Waals surface area contributed by atoms with Crippen molar-refractivity contribution in [3.63, 3.8) is 0 Å². The quantitative estimate of drug-likeness (QED) is 0.276. The second-order valence-electron chi connectivity index (χ2n) is 2.54. The lowest BCUT2D eigenvalue weighted by Gasteiger charge is -1.98. The van der Waals surface area contributed by atoms with Gasteiger partial charge in [-0.3, -0.25) is 0 Å². The Hall–Kier alpha value is 0.354. The van der Waals surface area contributed by atoms with E-state index in [9.17, 15) is 0 Å². The van der Waals surface area contributed by atoms with E-state index in [1.54, 1.807) is 0 Å². The van der Waals surface area contributed by atoms with Crippen molar-refractivity contribution < 1.29 is 4.12 Å². The number of rotatable bonds is 5. The number of hydrogen-bond donors (Lipinski definition) is 0. The summed E-state index contributed by atoms with van der Waals surface area (Å²) < 4.78 is 5.20. The van der Waals surface area contributed by atoms with Gasteiger partial charge in [0.1, 0.15) is 20.2 Å². The maximum Gasteiger partial charge on any atom is 0.145 e. The van der Waals surface area contributed by atoms with E-state index in [4.69, 9.17) is 4.12 Å². The predicted molar refractivity (Wildman–Crippen MR) is 45.4 cm³/mol. The molecule has 1 aliphatic rings. The molecule has 0 bridgehead atoms. The van der Waals surface area contributed by atoms with E-state index in [2.05, 4.69) is 4.90 Å². The molecule has 0 unspecified atom stereocenters. The Bertz CT molecular complexity index is 77.4. The zero-order chi connectivity index (χ0) is 6.53. The maximum absolute atomic E-state index is 5.20. The van der Waals surface area contributed by atoms with Gasteiger partial charge in [-0.2, -0.15) is 0 Å². The van der Waals surface area contributed by atoms with E-state index in [0.717, 1.165) is 10.5 Å². The van der Waals surface area contributed by atoms with Gasteiger partial charge in [-0.15, -0.1) is 0 Å². The van der Waals surface area contributed by atoms with Crippen molar-refractivity contribution in [3.8, 4) is 0 Å². The van der Waals surface area contributed by atoms with Crippen LogP contribution >= 0.6 is 0 Å². The van der Waals surface area contributed by atoms with Gasteiger partial charge >= 0.3 is 0 Å². The van der Waals surface area contributed by atoms with Gasteiger partial charge in [0.2, 0.25) is 0 Å². The Morgan fingerprint density at radius 1 is 1.56 bits per heavy atom. The second kappa shape index (κ2) is 4.21. The van der Waals surface area contributed by atoms with Crippen molar-refractivity contribution in [2.24, 2.45) is 0 Å². The summed E-state index contributed by atoms with van der Waals surface area (Å²) >= 11 is 0.